The molecule has 0 saturated heterocycles. The Morgan fingerprint density at radius 2 is 1.65 bits per heavy atom. The molecule has 0 unspecified atom stereocenters. The van der Waals surface area contributed by atoms with Crippen LogP contribution in [0.5, 0.6) is 5.75 Å². The molecule has 1 aliphatic rings. The second kappa shape index (κ2) is 5.25. The summed E-state index contributed by atoms with van der Waals surface area (Å²) in [6, 6.07) is 21.1. The van der Waals surface area contributed by atoms with E-state index in [2.05, 4.69) is 0 Å². The van der Waals surface area contributed by atoms with Crippen LogP contribution in [0.25, 0.3) is 16.8 Å². The Morgan fingerprint density at radius 3 is 2.48 bits per heavy atom. The number of hydrogen-bond donors (Lipinski definition) is 0. The largest absolute Gasteiger partial charge is 0.474 e. The summed E-state index contributed by atoms with van der Waals surface area (Å²) < 4.78 is 5.93. The smallest absolute Gasteiger partial charge is 0.291 e. The summed E-state index contributed by atoms with van der Waals surface area (Å²) in [5.74, 6) is 0.663. The van der Waals surface area contributed by atoms with Crippen molar-refractivity contribution in [2.75, 3.05) is 0 Å². The van der Waals surface area contributed by atoms with Gasteiger partial charge in [0.25, 0.3) is 5.70 Å². The molecule has 1 atom stereocenters. The van der Waals surface area contributed by atoms with Crippen molar-refractivity contribution in [2.24, 2.45) is 0 Å². The van der Waals surface area contributed by atoms with Crippen LogP contribution in [0, 0.1) is 10.1 Å². The van der Waals surface area contributed by atoms with Crippen LogP contribution in [-0.2, 0) is 0 Å². The lowest BCUT2D eigenvalue weighted by Gasteiger charge is -2.22. The first kappa shape index (κ1) is 13.5. The van der Waals surface area contributed by atoms with E-state index in [1.54, 1.807) is 6.08 Å². The van der Waals surface area contributed by atoms with Gasteiger partial charge in [0.05, 0.1) is 4.92 Å². The predicted molar refractivity (Wildman–Crippen MR) is 88.7 cm³/mol. The molecule has 4 heteroatoms. The van der Waals surface area contributed by atoms with Crippen molar-refractivity contribution in [2.45, 2.75) is 6.10 Å². The van der Waals surface area contributed by atoms with Crippen molar-refractivity contribution >= 4 is 16.8 Å². The van der Waals surface area contributed by atoms with Crippen LogP contribution in [0.4, 0.5) is 0 Å². The molecule has 0 amide bonds. The quantitative estimate of drug-likeness (QED) is 0.514. The number of fused-ring (bicyclic) bond motifs is 2. The van der Waals surface area contributed by atoms with Gasteiger partial charge in [-0.1, -0.05) is 54.6 Å². The van der Waals surface area contributed by atoms with E-state index in [4.69, 9.17) is 4.74 Å². The van der Waals surface area contributed by atoms with Crippen LogP contribution < -0.4 is 4.74 Å². The molecular formula is C19H13NO3. The first-order valence-corrected chi connectivity index (χ1v) is 7.33. The summed E-state index contributed by atoms with van der Waals surface area (Å²) in [4.78, 5) is 11.1. The van der Waals surface area contributed by atoms with Gasteiger partial charge in [-0.05, 0) is 22.9 Å². The van der Waals surface area contributed by atoms with Crippen molar-refractivity contribution < 1.29 is 9.66 Å². The number of benzene rings is 3. The van der Waals surface area contributed by atoms with Gasteiger partial charge in [-0.2, -0.15) is 0 Å². The molecule has 0 N–H and O–H groups in total. The highest BCUT2D eigenvalue weighted by atomic mass is 16.6. The summed E-state index contributed by atoms with van der Waals surface area (Å²) in [6.45, 7) is 0. The van der Waals surface area contributed by atoms with Gasteiger partial charge in [-0.15, -0.1) is 0 Å². The number of ether oxygens (including phenoxy) is 1. The standard InChI is InChI=1S/C19H13NO3/c21-20(22)17-12-15-7-3-4-8-18(15)23-19(17)16-10-9-13-5-1-2-6-14(13)11-16/h1-12,19H/t19-/m1/s1. The Hall–Kier alpha value is -3.14. The molecule has 3 aromatic carbocycles. The first-order chi connectivity index (χ1) is 11.2. The number of nitro groups is 1. The third-order valence-corrected chi connectivity index (χ3v) is 4.02. The molecule has 0 radical (unpaired) electrons. The highest BCUT2D eigenvalue weighted by molar-refractivity contribution is 5.83. The van der Waals surface area contributed by atoms with Gasteiger partial charge in [0, 0.05) is 17.2 Å². The lowest BCUT2D eigenvalue weighted by molar-refractivity contribution is -0.434. The Morgan fingerprint density at radius 1 is 0.913 bits per heavy atom. The topological polar surface area (TPSA) is 52.4 Å². The molecule has 112 valence electrons. The zero-order valence-corrected chi connectivity index (χ0v) is 12.2. The zero-order valence-electron chi connectivity index (χ0n) is 12.2. The van der Waals surface area contributed by atoms with Gasteiger partial charge >= 0.3 is 0 Å². The van der Waals surface area contributed by atoms with Crippen LogP contribution in [0.15, 0.2) is 72.4 Å². The third-order valence-electron chi connectivity index (χ3n) is 4.02. The average molecular weight is 303 g/mol. The molecule has 1 heterocycles. The normalized spacial score (nSPS) is 16.3. The molecule has 0 saturated carbocycles. The highest BCUT2D eigenvalue weighted by Crippen LogP contribution is 2.38. The van der Waals surface area contributed by atoms with Crippen LogP contribution in [0.3, 0.4) is 0 Å². The van der Waals surface area contributed by atoms with Crippen molar-refractivity contribution in [1.82, 2.24) is 0 Å². The minimum atomic E-state index is -0.704. The van der Waals surface area contributed by atoms with E-state index in [0.29, 0.717) is 5.75 Å². The molecule has 1 aliphatic heterocycles. The maximum absolute atomic E-state index is 11.5. The van der Waals surface area contributed by atoms with E-state index >= 15 is 0 Å². The van der Waals surface area contributed by atoms with E-state index in [1.807, 2.05) is 66.7 Å². The Bertz CT molecular complexity index is 946. The fraction of sp³-hybridized carbons (Fsp3) is 0.0526. The van der Waals surface area contributed by atoms with Gasteiger partial charge in [0.2, 0.25) is 6.10 Å². The molecule has 4 rings (SSSR count). The molecule has 0 aromatic heterocycles. The molecular weight excluding hydrogens is 290 g/mol. The monoisotopic (exact) mass is 303 g/mol. The third kappa shape index (κ3) is 2.34. The minimum Gasteiger partial charge on any atom is -0.474 e. The van der Waals surface area contributed by atoms with E-state index in [9.17, 15) is 10.1 Å². The van der Waals surface area contributed by atoms with Crippen LogP contribution in [0.1, 0.15) is 17.2 Å². The summed E-state index contributed by atoms with van der Waals surface area (Å²) >= 11 is 0. The van der Waals surface area contributed by atoms with Crippen molar-refractivity contribution in [3.63, 3.8) is 0 Å². The van der Waals surface area contributed by atoms with Gasteiger partial charge in [-0.3, -0.25) is 10.1 Å². The van der Waals surface area contributed by atoms with Crippen molar-refractivity contribution in [3.8, 4) is 5.75 Å². The number of hydrogen-bond acceptors (Lipinski definition) is 3. The van der Waals surface area contributed by atoms with Crippen molar-refractivity contribution in [3.05, 3.63) is 93.7 Å². The fourth-order valence-corrected chi connectivity index (χ4v) is 2.89. The maximum Gasteiger partial charge on any atom is 0.291 e. The van der Waals surface area contributed by atoms with E-state index in [1.165, 1.54) is 0 Å². The van der Waals surface area contributed by atoms with Crippen molar-refractivity contribution in [1.29, 1.82) is 0 Å². The van der Waals surface area contributed by atoms with Gasteiger partial charge < -0.3 is 4.74 Å². The predicted octanol–water partition coefficient (Wildman–Crippen LogP) is 4.59. The molecule has 0 bridgehead atoms. The van der Waals surface area contributed by atoms with Gasteiger partial charge in [-0.25, -0.2) is 0 Å². The summed E-state index contributed by atoms with van der Waals surface area (Å²) in [5, 5.41) is 13.6. The Labute approximate surface area is 132 Å². The van der Waals surface area contributed by atoms with E-state index < -0.39 is 6.10 Å². The van der Waals surface area contributed by atoms with Gasteiger partial charge in [0.1, 0.15) is 5.75 Å². The summed E-state index contributed by atoms with van der Waals surface area (Å²) in [7, 11) is 0. The highest BCUT2D eigenvalue weighted by Gasteiger charge is 2.33. The lowest BCUT2D eigenvalue weighted by Crippen LogP contribution is -2.19. The summed E-state index contributed by atoms with van der Waals surface area (Å²) in [6.07, 6.45) is 0.892. The van der Waals surface area contributed by atoms with E-state index in [0.717, 1.165) is 21.9 Å². The molecule has 0 aliphatic carbocycles. The average Bonchev–Trinajstić information content (AvgIpc) is 2.60. The zero-order chi connectivity index (χ0) is 15.8. The second-order valence-corrected chi connectivity index (χ2v) is 5.47. The number of nitrogens with zero attached hydrogens (tertiary/aromatic N) is 1. The molecule has 4 nitrogen and oxygen atoms in total. The number of para-hydroxylation sites is 1. The van der Waals surface area contributed by atoms with Crippen LogP contribution >= 0.6 is 0 Å². The second-order valence-electron chi connectivity index (χ2n) is 5.47. The lowest BCUT2D eigenvalue weighted by atomic mass is 9.98. The van der Waals surface area contributed by atoms with E-state index in [-0.39, 0.29) is 10.6 Å². The minimum absolute atomic E-state index is 0.0546. The molecule has 23 heavy (non-hydrogen) atoms. The Balaban J connectivity index is 1.84. The van der Waals surface area contributed by atoms with Crippen LogP contribution in [0.2, 0.25) is 0 Å². The maximum atomic E-state index is 11.5. The molecule has 3 aromatic rings. The Kier molecular flexibility index (Phi) is 3.08. The number of rotatable bonds is 2. The summed E-state index contributed by atoms with van der Waals surface area (Å²) in [5.41, 5.74) is 1.57. The SMILES string of the molecule is O=[N+]([O-])C1=Cc2ccccc2O[C@@H]1c1ccc2ccccc2c1. The molecule has 0 spiro atoms. The fourth-order valence-electron chi connectivity index (χ4n) is 2.89. The first-order valence-electron chi connectivity index (χ1n) is 7.33. The van der Waals surface area contributed by atoms with Crippen LogP contribution in [-0.4, -0.2) is 4.92 Å². The molecule has 0 fully saturated rings. The van der Waals surface area contributed by atoms with Gasteiger partial charge in [0.15, 0.2) is 0 Å².